The number of esters is 3. The highest BCUT2D eigenvalue weighted by Crippen LogP contribution is 2.15. The Balaban J connectivity index is 4.50. The van der Waals surface area contributed by atoms with Gasteiger partial charge in [0.15, 0.2) is 6.10 Å². The number of carbonyl (C=O) groups excluding carboxylic acids is 3. The molecule has 0 amide bonds. The number of unbranched alkanes of at least 4 members (excludes halogenated alkanes) is 23. The number of ether oxygens (including phenoxy) is 3. The first-order chi connectivity index (χ1) is 33.5. The van der Waals surface area contributed by atoms with Crippen molar-refractivity contribution in [3.8, 4) is 0 Å². The van der Waals surface area contributed by atoms with Gasteiger partial charge in [-0.1, -0.05) is 253 Å². The van der Waals surface area contributed by atoms with Crippen LogP contribution in [-0.4, -0.2) is 37.2 Å². The maximum Gasteiger partial charge on any atom is 0.306 e. The molecule has 0 bridgehead atoms. The van der Waals surface area contributed by atoms with Crippen molar-refractivity contribution in [2.45, 2.75) is 264 Å². The number of allylic oxidation sites excluding steroid dienone is 16. The van der Waals surface area contributed by atoms with Crippen LogP contribution in [0.15, 0.2) is 97.2 Å². The Hall–Kier alpha value is -3.67. The van der Waals surface area contributed by atoms with Crippen LogP contribution in [0.3, 0.4) is 0 Å². The Morgan fingerprint density at radius 2 is 0.618 bits per heavy atom. The van der Waals surface area contributed by atoms with Crippen LogP contribution in [0.4, 0.5) is 0 Å². The van der Waals surface area contributed by atoms with Gasteiger partial charge in [0.25, 0.3) is 0 Å². The molecular formula is C62H104O6. The van der Waals surface area contributed by atoms with Gasteiger partial charge < -0.3 is 14.2 Å². The van der Waals surface area contributed by atoms with Crippen molar-refractivity contribution in [3.63, 3.8) is 0 Å². The molecular weight excluding hydrogens is 841 g/mol. The van der Waals surface area contributed by atoms with Gasteiger partial charge in [0.2, 0.25) is 0 Å². The molecule has 0 aliphatic carbocycles. The molecule has 0 N–H and O–H groups in total. The molecule has 0 aliphatic heterocycles. The van der Waals surface area contributed by atoms with Crippen molar-refractivity contribution < 1.29 is 28.6 Å². The van der Waals surface area contributed by atoms with Crippen LogP contribution in [0.25, 0.3) is 0 Å². The summed E-state index contributed by atoms with van der Waals surface area (Å²) < 4.78 is 16.8. The molecule has 68 heavy (non-hydrogen) atoms. The van der Waals surface area contributed by atoms with E-state index < -0.39 is 6.10 Å². The van der Waals surface area contributed by atoms with Crippen LogP contribution in [-0.2, 0) is 28.6 Å². The first kappa shape index (κ1) is 64.3. The van der Waals surface area contributed by atoms with E-state index in [1.807, 2.05) is 6.08 Å². The fourth-order valence-corrected chi connectivity index (χ4v) is 7.60. The highest BCUT2D eigenvalue weighted by Gasteiger charge is 2.19. The van der Waals surface area contributed by atoms with Crippen molar-refractivity contribution in [3.05, 3.63) is 97.2 Å². The number of hydrogen-bond acceptors (Lipinski definition) is 6. The molecule has 6 heteroatoms. The van der Waals surface area contributed by atoms with Gasteiger partial charge in [-0.3, -0.25) is 14.4 Å². The van der Waals surface area contributed by atoms with E-state index in [9.17, 15) is 14.4 Å². The highest BCUT2D eigenvalue weighted by molar-refractivity contribution is 5.71. The zero-order chi connectivity index (χ0) is 49.3. The van der Waals surface area contributed by atoms with E-state index in [2.05, 4.69) is 112 Å². The Bertz CT molecular complexity index is 1360. The lowest BCUT2D eigenvalue weighted by molar-refractivity contribution is -0.166. The SMILES string of the molecule is CC/C=C\C/C=C\C/C=C\C/C=C\C/C=C\C/C=C\CCC(=O)OC[C@@H](COC(=O)CCCCCCC/C=C\C/C=C\CCCC)OC(=O)CCCCCCCCCCCCCCCCCCC. The fourth-order valence-electron chi connectivity index (χ4n) is 7.60. The standard InChI is InChI=1S/C62H104O6/c1-4-7-10-13-16-19-22-25-28-30-31-33-34-37-40-43-46-49-52-55-61(64)67-58-59(57-66-60(63)54-51-48-45-42-39-36-27-24-21-18-15-12-9-6-3)68-62(65)56-53-50-47-44-41-38-35-32-29-26-23-20-17-14-11-8-5-2/h7,10,15-16,18-19,24-25,27-28,31,33,37,40,46,49,59H,4-6,8-9,11-14,17,20-23,26,29-30,32,34-36,38-39,41-45,47-48,50-58H2,1-3H3/b10-7-,18-15-,19-16-,27-24-,28-25-,33-31-,40-37-,49-46-/t59-/m1/s1. The first-order valence-corrected chi connectivity index (χ1v) is 28.2. The zero-order valence-corrected chi connectivity index (χ0v) is 44.3. The van der Waals surface area contributed by atoms with E-state index in [0.717, 1.165) is 103 Å². The second-order valence-electron chi connectivity index (χ2n) is 18.5. The predicted molar refractivity (Wildman–Crippen MR) is 293 cm³/mol. The monoisotopic (exact) mass is 945 g/mol. The molecule has 0 radical (unpaired) electrons. The van der Waals surface area contributed by atoms with E-state index in [0.29, 0.717) is 19.3 Å². The molecule has 0 aromatic rings. The minimum atomic E-state index is -0.813. The summed E-state index contributed by atoms with van der Waals surface area (Å²) >= 11 is 0. The maximum atomic E-state index is 12.8. The average Bonchev–Trinajstić information content (AvgIpc) is 3.34. The van der Waals surface area contributed by atoms with E-state index in [1.165, 1.54) is 109 Å². The van der Waals surface area contributed by atoms with Crippen molar-refractivity contribution >= 4 is 17.9 Å². The number of rotatable bonds is 50. The molecule has 0 aromatic heterocycles. The topological polar surface area (TPSA) is 78.9 Å². The van der Waals surface area contributed by atoms with Crippen molar-refractivity contribution in [1.29, 1.82) is 0 Å². The van der Waals surface area contributed by atoms with Gasteiger partial charge in [-0.25, -0.2) is 0 Å². The molecule has 0 heterocycles. The van der Waals surface area contributed by atoms with E-state index in [-0.39, 0.29) is 37.5 Å². The van der Waals surface area contributed by atoms with Gasteiger partial charge in [0.1, 0.15) is 13.2 Å². The van der Waals surface area contributed by atoms with Crippen LogP contribution in [0.5, 0.6) is 0 Å². The van der Waals surface area contributed by atoms with Gasteiger partial charge in [0.05, 0.1) is 0 Å². The Kier molecular flexibility index (Phi) is 52.9. The quantitative estimate of drug-likeness (QED) is 0.0262. The summed E-state index contributed by atoms with van der Waals surface area (Å²) in [4.78, 5) is 38.1. The summed E-state index contributed by atoms with van der Waals surface area (Å²) in [5.74, 6) is -1.00. The minimum Gasteiger partial charge on any atom is -0.462 e. The summed E-state index contributed by atoms with van der Waals surface area (Å²) in [5.41, 5.74) is 0. The average molecular weight is 946 g/mol. The van der Waals surface area contributed by atoms with Crippen LogP contribution in [0, 0.1) is 0 Å². The van der Waals surface area contributed by atoms with Crippen LogP contribution in [0.1, 0.15) is 258 Å². The molecule has 0 rings (SSSR count). The number of hydrogen-bond donors (Lipinski definition) is 0. The van der Waals surface area contributed by atoms with Crippen molar-refractivity contribution in [2.75, 3.05) is 13.2 Å². The second kappa shape index (κ2) is 55.9. The third-order valence-electron chi connectivity index (χ3n) is 11.8. The smallest absolute Gasteiger partial charge is 0.306 e. The first-order valence-electron chi connectivity index (χ1n) is 28.2. The third-order valence-corrected chi connectivity index (χ3v) is 11.8. The Labute approximate surface area is 419 Å². The Morgan fingerprint density at radius 3 is 1.03 bits per heavy atom. The molecule has 6 nitrogen and oxygen atoms in total. The third kappa shape index (κ3) is 53.3. The maximum absolute atomic E-state index is 12.8. The van der Waals surface area contributed by atoms with Crippen molar-refractivity contribution in [2.24, 2.45) is 0 Å². The molecule has 0 fully saturated rings. The normalized spacial score (nSPS) is 12.8. The Morgan fingerprint density at radius 1 is 0.309 bits per heavy atom. The van der Waals surface area contributed by atoms with Crippen molar-refractivity contribution in [1.82, 2.24) is 0 Å². The minimum absolute atomic E-state index is 0.107. The van der Waals surface area contributed by atoms with Gasteiger partial charge in [0, 0.05) is 19.3 Å². The van der Waals surface area contributed by atoms with Gasteiger partial charge in [-0.05, 0) is 83.5 Å². The largest absolute Gasteiger partial charge is 0.462 e. The summed E-state index contributed by atoms with van der Waals surface area (Å²) in [6.07, 6.45) is 74.0. The fraction of sp³-hybridized carbons (Fsp3) is 0.694. The van der Waals surface area contributed by atoms with Crippen LogP contribution in [0.2, 0.25) is 0 Å². The molecule has 0 unspecified atom stereocenters. The van der Waals surface area contributed by atoms with E-state index in [4.69, 9.17) is 14.2 Å². The molecule has 1 atom stereocenters. The summed E-state index contributed by atoms with van der Waals surface area (Å²) in [7, 11) is 0. The summed E-state index contributed by atoms with van der Waals surface area (Å²) in [6.45, 7) is 6.42. The molecule has 0 aromatic carbocycles. The summed E-state index contributed by atoms with van der Waals surface area (Å²) in [5, 5.41) is 0. The van der Waals surface area contributed by atoms with Gasteiger partial charge in [-0.2, -0.15) is 0 Å². The lowest BCUT2D eigenvalue weighted by atomic mass is 10.0. The lowest BCUT2D eigenvalue weighted by Crippen LogP contribution is -2.30. The van der Waals surface area contributed by atoms with E-state index in [1.54, 1.807) is 0 Å². The molecule has 388 valence electrons. The number of carbonyl (C=O) groups is 3. The highest BCUT2D eigenvalue weighted by atomic mass is 16.6. The van der Waals surface area contributed by atoms with Crippen LogP contribution < -0.4 is 0 Å². The van der Waals surface area contributed by atoms with Crippen LogP contribution >= 0.6 is 0 Å². The molecule has 0 aliphatic rings. The molecule has 0 spiro atoms. The predicted octanol–water partition coefficient (Wildman–Crippen LogP) is 18.9. The van der Waals surface area contributed by atoms with Gasteiger partial charge in [-0.15, -0.1) is 0 Å². The second-order valence-corrected chi connectivity index (χ2v) is 18.5. The zero-order valence-electron chi connectivity index (χ0n) is 44.3. The van der Waals surface area contributed by atoms with Gasteiger partial charge >= 0.3 is 17.9 Å². The molecule has 0 saturated carbocycles. The molecule has 0 saturated heterocycles. The van der Waals surface area contributed by atoms with E-state index >= 15 is 0 Å². The lowest BCUT2D eigenvalue weighted by Gasteiger charge is -2.18. The summed E-state index contributed by atoms with van der Waals surface area (Å²) in [6, 6.07) is 0.